The van der Waals surface area contributed by atoms with Crippen molar-refractivity contribution in [3.05, 3.63) is 59.5 Å². The van der Waals surface area contributed by atoms with Crippen molar-refractivity contribution in [1.29, 1.82) is 0 Å². The number of benzene rings is 2. The molecule has 2 aromatic carbocycles. The van der Waals surface area contributed by atoms with Crippen molar-refractivity contribution in [2.24, 2.45) is 0 Å². The number of hydrogen-bond donors (Lipinski definition) is 0. The van der Waals surface area contributed by atoms with Crippen LogP contribution in [0.3, 0.4) is 0 Å². The van der Waals surface area contributed by atoms with Gasteiger partial charge in [-0.3, -0.25) is 4.90 Å². The molecule has 0 saturated carbocycles. The average molecular weight is 391 g/mol. The van der Waals surface area contributed by atoms with Crippen LogP contribution in [0.4, 0.5) is 0 Å². The number of nitrogens with zero attached hydrogens (tertiary/aromatic N) is 3. The van der Waals surface area contributed by atoms with Crippen LogP contribution in [0, 0.1) is 6.92 Å². The van der Waals surface area contributed by atoms with E-state index in [-0.39, 0.29) is 0 Å². The fraction of sp³-hybridized carbons (Fsp3) is 0.391. The molecule has 1 aromatic heterocycles. The zero-order valence-electron chi connectivity index (χ0n) is 16.6. The highest BCUT2D eigenvalue weighted by Crippen LogP contribution is 2.38. The zero-order valence-corrected chi connectivity index (χ0v) is 16.6. The molecule has 1 atom stereocenters. The summed E-state index contributed by atoms with van der Waals surface area (Å²) in [5.41, 5.74) is 3.42. The maximum atomic E-state index is 5.88. The van der Waals surface area contributed by atoms with Crippen molar-refractivity contribution in [2.45, 2.75) is 38.8 Å². The lowest BCUT2D eigenvalue weighted by Crippen LogP contribution is -2.23. The fourth-order valence-electron chi connectivity index (χ4n) is 4.21. The number of ether oxygens (including phenoxy) is 2. The van der Waals surface area contributed by atoms with Gasteiger partial charge in [0.2, 0.25) is 11.7 Å². The van der Waals surface area contributed by atoms with Gasteiger partial charge in [-0.2, -0.15) is 4.98 Å². The Kier molecular flexibility index (Phi) is 4.94. The summed E-state index contributed by atoms with van der Waals surface area (Å²) in [5, 5.41) is 4.21. The van der Waals surface area contributed by atoms with Crippen LogP contribution in [0.1, 0.15) is 42.3 Å². The summed E-state index contributed by atoms with van der Waals surface area (Å²) in [6, 6.07) is 14.8. The first-order valence-electron chi connectivity index (χ1n) is 10.3. The van der Waals surface area contributed by atoms with Crippen LogP contribution in [0.5, 0.6) is 11.5 Å². The Morgan fingerprint density at radius 1 is 1.03 bits per heavy atom. The molecule has 3 heterocycles. The summed E-state index contributed by atoms with van der Waals surface area (Å²) in [6.45, 7) is 5.14. The Bertz CT molecular complexity index is 1000. The average Bonchev–Trinajstić information content (AvgIpc) is 3.32. The predicted octanol–water partition coefficient (Wildman–Crippen LogP) is 4.54. The van der Waals surface area contributed by atoms with Gasteiger partial charge >= 0.3 is 0 Å². The molecule has 2 aliphatic rings. The molecule has 0 bridgehead atoms. The van der Waals surface area contributed by atoms with Gasteiger partial charge in [-0.25, -0.2) is 0 Å². The third kappa shape index (κ3) is 3.72. The third-order valence-corrected chi connectivity index (χ3v) is 5.71. The Balaban J connectivity index is 1.34. The number of likely N-dealkylation sites (tertiary alicyclic amines) is 1. The number of aryl methyl sites for hydroxylation is 1. The highest BCUT2D eigenvalue weighted by molar-refractivity contribution is 5.58. The summed E-state index contributed by atoms with van der Waals surface area (Å²) < 4.78 is 17.2. The highest BCUT2D eigenvalue weighted by Gasteiger charge is 2.28. The van der Waals surface area contributed by atoms with Crippen molar-refractivity contribution in [2.75, 3.05) is 19.8 Å². The summed E-state index contributed by atoms with van der Waals surface area (Å²) in [4.78, 5) is 7.06. The molecule has 0 spiro atoms. The molecule has 2 aliphatic heterocycles. The molecular formula is C23H25N3O3. The van der Waals surface area contributed by atoms with Gasteiger partial charge < -0.3 is 14.0 Å². The van der Waals surface area contributed by atoms with Crippen molar-refractivity contribution < 1.29 is 14.0 Å². The summed E-state index contributed by atoms with van der Waals surface area (Å²) in [5.74, 6) is 3.01. The van der Waals surface area contributed by atoms with Crippen LogP contribution in [-0.2, 0) is 6.54 Å². The first-order chi connectivity index (χ1) is 14.3. The van der Waals surface area contributed by atoms with Crippen molar-refractivity contribution in [3.63, 3.8) is 0 Å². The Morgan fingerprint density at radius 2 is 1.90 bits per heavy atom. The second-order valence-corrected chi connectivity index (χ2v) is 7.71. The van der Waals surface area contributed by atoms with Gasteiger partial charge in [-0.05, 0) is 49.6 Å². The molecule has 0 radical (unpaired) electrons. The van der Waals surface area contributed by atoms with Gasteiger partial charge in [0.05, 0.1) is 19.8 Å². The molecule has 6 nitrogen and oxygen atoms in total. The number of aromatic nitrogens is 2. The van der Waals surface area contributed by atoms with Crippen LogP contribution in [0.2, 0.25) is 0 Å². The van der Waals surface area contributed by atoms with Crippen LogP contribution in [-0.4, -0.2) is 34.8 Å². The summed E-state index contributed by atoms with van der Waals surface area (Å²) in [7, 11) is 0. The van der Waals surface area contributed by atoms with Gasteiger partial charge in [-0.15, -0.1) is 0 Å². The van der Waals surface area contributed by atoms with E-state index in [0.29, 0.717) is 37.5 Å². The molecule has 29 heavy (non-hydrogen) atoms. The first-order valence-corrected chi connectivity index (χ1v) is 10.3. The minimum absolute atomic E-state index is 0.320. The molecule has 1 saturated heterocycles. The van der Waals surface area contributed by atoms with E-state index in [9.17, 15) is 0 Å². The van der Waals surface area contributed by atoms with E-state index < -0.39 is 0 Å². The van der Waals surface area contributed by atoms with Crippen LogP contribution >= 0.6 is 0 Å². The molecule has 0 N–H and O–H groups in total. The van der Waals surface area contributed by atoms with E-state index in [1.165, 1.54) is 5.56 Å². The predicted molar refractivity (Wildman–Crippen MR) is 109 cm³/mol. The maximum absolute atomic E-state index is 5.88. The van der Waals surface area contributed by atoms with E-state index in [1.807, 2.05) is 24.3 Å². The molecule has 5 rings (SSSR count). The number of rotatable bonds is 4. The molecule has 0 unspecified atom stereocenters. The van der Waals surface area contributed by atoms with E-state index in [4.69, 9.17) is 14.0 Å². The summed E-state index contributed by atoms with van der Waals surface area (Å²) >= 11 is 0. The zero-order chi connectivity index (χ0) is 19.6. The van der Waals surface area contributed by atoms with Crippen LogP contribution in [0.15, 0.2) is 47.0 Å². The lowest BCUT2D eigenvalue weighted by atomic mass is 10.0. The van der Waals surface area contributed by atoms with E-state index in [1.54, 1.807) is 0 Å². The van der Waals surface area contributed by atoms with Crippen molar-refractivity contribution >= 4 is 0 Å². The molecule has 1 fully saturated rings. The van der Waals surface area contributed by atoms with Gasteiger partial charge in [0.15, 0.2) is 11.5 Å². The molecule has 0 aliphatic carbocycles. The normalized spacial score (nSPS) is 19.3. The Morgan fingerprint density at radius 3 is 2.79 bits per heavy atom. The molecule has 0 amide bonds. The van der Waals surface area contributed by atoms with Gasteiger partial charge in [0, 0.05) is 18.0 Å². The van der Waals surface area contributed by atoms with Gasteiger partial charge in [-0.1, -0.05) is 35.5 Å². The van der Waals surface area contributed by atoms with Gasteiger partial charge in [0.25, 0.3) is 0 Å². The first kappa shape index (κ1) is 18.2. The summed E-state index contributed by atoms with van der Waals surface area (Å²) in [6.07, 6.45) is 3.18. The van der Waals surface area contributed by atoms with E-state index >= 15 is 0 Å². The second-order valence-electron chi connectivity index (χ2n) is 7.71. The third-order valence-electron chi connectivity index (χ3n) is 5.71. The largest absolute Gasteiger partial charge is 0.490 e. The van der Waals surface area contributed by atoms with Crippen molar-refractivity contribution in [1.82, 2.24) is 15.0 Å². The van der Waals surface area contributed by atoms with Gasteiger partial charge in [0.1, 0.15) is 0 Å². The van der Waals surface area contributed by atoms with E-state index in [0.717, 1.165) is 48.4 Å². The smallest absolute Gasteiger partial charge is 0.241 e. The quantitative estimate of drug-likeness (QED) is 0.651. The van der Waals surface area contributed by atoms with Crippen molar-refractivity contribution in [3.8, 4) is 22.9 Å². The van der Waals surface area contributed by atoms with E-state index in [2.05, 4.69) is 40.2 Å². The Hall–Kier alpha value is -2.86. The molecule has 6 heteroatoms. The standard InChI is InChI=1S/C23H25N3O3/c1-16-6-2-3-7-18(16)23-24-22(29-25-23)15-26-11-4-8-19(26)17-9-10-20-21(14-17)28-13-5-12-27-20/h2-3,6-7,9-10,14,19H,4-5,8,11-13,15H2,1H3/t19-/m0/s1. The molecule has 150 valence electrons. The maximum Gasteiger partial charge on any atom is 0.241 e. The molecular weight excluding hydrogens is 366 g/mol. The minimum Gasteiger partial charge on any atom is -0.490 e. The SMILES string of the molecule is Cc1ccccc1-c1noc(CN2CCC[C@H]2c2ccc3c(c2)OCCCO3)n1. The Labute approximate surface area is 170 Å². The second kappa shape index (κ2) is 7.87. The topological polar surface area (TPSA) is 60.6 Å². The highest BCUT2D eigenvalue weighted by atomic mass is 16.5. The monoisotopic (exact) mass is 391 g/mol. The number of fused-ring (bicyclic) bond motifs is 1. The lowest BCUT2D eigenvalue weighted by Gasteiger charge is -2.23. The van der Waals surface area contributed by atoms with Crippen LogP contribution in [0.25, 0.3) is 11.4 Å². The number of hydrogen-bond acceptors (Lipinski definition) is 6. The minimum atomic E-state index is 0.320. The molecule has 3 aromatic rings. The van der Waals surface area contributed by atoms with Crippen LogP contribution < -0.4 is 9.47 Å². The fourth-order valence-corrected chi connectivity index (χ4v) is 4.21. The lowest BCUT2D eigenvalue weighted by molar-refractivity contribution is 0.212.